The molecule has 1 aromatic carbocycles. The van der Waals surface area contributed by atoms with Crippen LogP contribution in [0.2, 0.25) is 0 Å². The maximum Gasteiger partial charge on any atom is 0.165 e. The minimum atomic E-state index is -2.97. The summed E-state index contributed by atoms with van der Waals surface area (Å²) >= 11 is 0. The van der Waals surface area contributed by atoms with E-state index in [9.17, 15) is 12.8 Å². The molecule has 2 fully saturated rings. The van der Waals surface area contributed by atoms with Gasteiger partial charge >= 0.3 is 0 Å². The van der Waals surface area contributed by atoms with Crippen LogP contribution in [0.25, 0.3) is 0 Å². The van der Waals surface area contributed by atoms with Crippen molar-refractivity contribution in [3.63, 3.8) is 0 Å². The molecule has 5 rings (SSSR count). The quantitative estimate of drug-likeness (QED) is 0.759. The van der Waals surface area contributed by atoms with E-state index in [2.05, 4.69) is 15.0 Å². The molecule has 1 aromatic heterocycles. The van der Waals surface area contributed by atoms with E-state index in [0.717, 1.165) is 24.0 Å². The van der Waals surface area contributed by atoms with Gasteiger partial charge in [-0.3, -0.25) is 4.99 Å². The highest BCUT2D eigenvalue weighted by molar-refractivity contribution is 7.91. The predicted octanol–water partition coefficient (Wildman–Crippen LogP) is 2.13. The maximum atomic E-state index is 14.4. The standard InChI is InChI=1S/C20H21FN4O3S/c1-20(2-3-20)28-17-9-14-13(8-15(17)21)11-22-19(14)16-10-18(24-12-23-16)25-4-6-29(26,27)7-5-25/h8-10,12H,2-7,11H2,1H3. The zero-order valence-corrected chi connectivity index (χ0v) is 16.9. The highest BCUT2D eigenvalue weighted by Gasteiger charge is 2.41. The lowest BCUT2D eigenvalue weighted by Crippen LogP contribution is -2.40. The molecule has 0 amide bonds. The fourth-order valence-corrected chi connectivity index (χ4v) is 4.83. The van der Waals surface area contributed by atoms with Crippen LogP contribution in [-0.2, 0) is 16.4 Å². The highest BCUT2D eigenvalue weighted by atomic mass is 32.2. The number of halogens is 1. The third-order valence-electron chi connectivity index (χ3n) is 5.69. The summed E-state index contributed by atoms with van der Waals surface area (Å²) in [5.41, 5.74) is 2.66. The fraction of sp³-hybridized carbons (Fsp3) is 0.450. The van der Waals surface area contributed by atoms with Gasteiger partial charge < -0.3 is 9.64 Å². The van der Waals surface area contributed by atoms with Gasteiger partial charge in [0, 0.05) is 24.7 Å². The van der Waals surface area contributed by atoms with Gasteiger partial charge in [0.15, 0.2) is 21.4 Å². The summed E-state index contributed by atoms with van der Waals surface area (Å²) in [6.07, 6.45) is 3.30. The van der Waals surface area contributed by atoms with Crippen LogP contribution in [0.3, 0.4) is 0 Å². The number of aliphatic imine (C=N–C) groups is 1. The molecule has 9 heteroatoms. The van der Waals surface area contributed by atoms with Crippen molar-refractivity contribution >= 4 is 21.4 Å². The lowest BCUT2D eigenvalue weighted by molar-refractivity contribution is 0.191. The van der Waals surface area contributed by atoms with E-state index in [-0.39, 0.29) is 28.7 Å². The number of fused-ring (bicyclic) bond motifs is 1. The van der Waals surface area contributed by atoms with Crippen LogP contribution in [0.15, 0.2) is 29.5 Å². The van der Waals surface area contributed by atoms with Crippen molar-refractivity contribution in [3.8, 4) is 5.75 Å². The summed E-state index contributed by atoms with van der Waals surface area (Å²) in [6, 6.07) is 5.03. The van der Waals surface area contributed by atoms with Crippen LogP contribution in [0.4, 0.5) is 10.2 Å². The Balaban J connectivity index is 1.44. The summed E-state index contributed by atoms with van der Waals surface area (Å²) in [7, 11) is -2.97. The number of benzene rings is 1. The van der Waals surface area contributed by atoms with Crippen molar-refractivity contribution in [1.29, 1.82) is 0 Å². The van der Waals surface area contributed by atoms with Crippen molar-refractivity contribution in [2.24, 2.45) is 4.99 Å². The first-order valence-electron chi connectivity index (χ1n) is 9.66. The molecule has 0 atom stereocenters. The van der Waals surface area contributed by atoms with Gasteiger partial charge in [-0.05, 0) is 37.5 Å². The molecule has 29 heavy (non-hydrogen) atoms. The van der Waals surface area contributed by atoms with Crippen molar-refractivity contribution in [2.45, 2.75) is 31.9 Å². The Kier molecular flexibility index (Phi) is 4.13. The van der Waals surface area contributed by atoms with Gasteiger partial charge in [0.05, 0.1) is 29.5 Å². The van der Waals surface area contributed by atoms with Gasteiger partial charge in [0.2, 0.25) is 0 Å². The van der Waals surface area contributed by atoms with Crippen molar-refractivity contribution in [2.75, 3.05) is 29.5 Å². The van der Waals surface area contributed by atoms with E-state index in [4.69, 9.17) is 4.74 Å². The first kappa shape index (κ1) is 18.5. The molecule has 1 saturated carbocycles. The molecule has 0 bridgehead atoms. The molecule has 2 aromatic rings. The SMILES string of the molecule is CC1(Oc2cc3c(cc2F)CN=C3c2cc(N3CCS(=O)(=O)CC3)ncn2)CC1. The monoisotopic (exact) mass is 416 g/mol. The summed E-state index contributed by atoms with van der Waals surface area (Å²) in [5, 5.41) is 0. The second-order valence-corrected chi connectivity index (χ2v) is 10.4. The second-order valence-electron chi connectivity index (χ2n) is 8.06. The molecular weight excluding hydrogens is 395 g/mol. The summed E-state index contributed by atoms with van der Waals surface area (Å²) in [4.78, 5) is 15.2. The van der Waals surface area contributed by atoms with E-state index in [1.54, 1.807) is 6.07 Å². The topological polar surface area (TPSA) is 84.8 Å². The molecule has 3 heterocycles. The van der Waals surface area contributed by atoms with Gasteiger partial charge in [0.1, 0.15) is 17.7 Å². The molecule has 0 N–H and O–H groups in total. The number of ether oxygens (including phenoxy) is 1. The Morgan fingerprint density at radius 3 is 2.62 bits per heavy atom. The third-order valence-corrected chi connectivity index (χ3v) is 7.30. The van der Waals surface area contributed by atoms with Crippen molar-refractivity contribution in [1.82, 2.24) is 9.97 Å². The van der Waals surface area contributed by atoms with Crippen LogP contribution < -0.4 is 9.64 Å². The molecule has 1 saturated heterocycles. The molecule has 2 aliphatic heterocycles. The van der Waals surface area contributed by atoms with E-state index in [1.807, 2.05) is 17.9 Å². The first-order chi connectivity index (χ1) is 13.8. The smallest absolute Gasteiger partial charge is 0.165 e. The Morgan fingerprint density at radius 2 is 1.90 bits per heavy atom. The number of sulfone groups is 1. The van der Waals surface area contributed by atoms with Crippen LogP contribution >= 0.6 is 0 Å². The highest BCUT2D eigenvalue weighted by Crippen LogP contribution is 2.41. The van der Waals surface area contributed by atoms with Crippen molar-refractivity contribution < 1.29 is 17.5 Å². The number of rotatable bonds is 4. The molecule has 152 valence electrons. The Hall–Kier alpha value is -2.55. The second kappa shape index (κ2) is 6.48. The number of nitrogens with zero attached hydrogens (tertiary/aromatic N) is 4. The average Bonchev–Trinajstić information content (AvgIpc) is 3.27. The Bertz CT molecular complexity index is 1110. The number of anilines is 1. The van der Waals surface area contributed by atoms with Crippen LogP contribution in [0.5, 0.6) is 5.75 Å². The summed E-state index contributed by atoms with van der Waals surface area (Å²) in [6.45, 7) is 3.18. The lowest BCUT2D eigenvalue weighted by atomic mass is 10.0. The Morgan fingerprint density at radius 1 is 1.14 bits per heavy atom. The Labute approximate surface area is 168 Å². The van der Waals surface area contributed by atoms with E-state index in [1.165, 1.54) is 12.4 Å². The first-order valence-corrected chi connectivity index (χ1v) is 11.5. The number of hydrogen-bond donors (Lipinski definition) is 0. The summed E-state index contributed by atoms with van der Waals surface area (Å²) in [5.74, 6) is 0.786. The van der Waals surface area contributed by atoms with E-state index < -0.39 is 9.84 Å². The zero-order chi connectivity index (χ0) is 20.2. The normalized spacial score (nSPS) is 21.4. The minimum absolute atomic E-state index is 0.120. The molecule has 0 radical (unpaired) electrons. The molecule has 0 unspecified atom stereocenters. The molecule has 1 aliphatic carbocycles. The van der Waals surface area contributed by atoms with Crippen molar-refractivity contribution in [3.05, 3.63) is 47.2 Å². The lowest BCUT2D eigenvalue weighted by Gasteiger charge is -2.27. The predicted molar refractivity (Wildman–Crippen MR) is 107 cm³/mol. The van der Waals surface area contributed by atoms with Crippen LogP contribution in [0, 0.1) is 5.82 Å². The zero-order valence-electron chi connectivity index (χ0n) is 16.1. The van der Waals surface area contributed by atoms with E-state index in [0.29, 0.717) is 36.9 Å². The minimum Gasteiger partial charge on any atom is -0.484 e. The van der Waals surface area contributed by atoms with Gasteiger partial charge in [-0.15, -0.1) is 0 Å². The molecule has 0 spiro atoms. The average molecular weight is 416 g/mol. The van der Waals surface area contributed by atoms with E-state index >= 15 is 0 Å². The number of hydrogen-bond acceptors (Lipinski definition) is 7. The van der Waals surface area contributed by atoms with Crippen LogP contribution in [-0.4, -0.2) is 54.3 Å². The molecular formula is C20H21FN4O3S. The maximum absolute atomic E-state index is 14.4. The third kappa shape index (κ3) is 3.59. The van der Waals surface area contributed by atoms with Gasteiger partial charge in [0.25, 0.3) is 0 Å². The van der Waals surface area contributed by atoms with Gasteiger partial charge in [-0.25, -0.2) is 22.8 Å². The fourth-order valence-electron chi connectivity index (χ4n) is 3.63. The summed E-state index contributed by atoms with van der Waals surface area (Å²) < 4.78 is 43.7. The number of aromatic nitrogens is 2. The van der Waals surface area contributed by atoms with Crippen LogP contribution in [0.1, 0.15) is 36.6 Å². The molecule has 7 nitrogen and oxygen atoms in total. The van der Waals surface area contributed by atoms with Gasteiger partial charge in [-0.1, -0.05) is 0 Å². The molecule has 3 aliphatic rings. The van der Waals surface area contributed by atoms with Gasteiger partial charge in [-0.2, -0.15) is 0 Å². The largest absolute Gasteiger partial charge is 0.484 e.